The second-order valence-electron chi connectivity index (χ2n) is 26.9. The zero-order chi connectivity index (χ0) is 49.5. The minimum absolute atomic E-state index is 0.0959. The number of hydrogen-bond donors (Lipinski definition) is 0. The summed E-state index contributed by atoms with van der Waals surface area (Å²) in [6.45, 7) is 0. The SMILES string of the molecule is O=C1c2cc3c(cc2C2CCC1CC2)c1cc2c(c4c5cc6c(cc5n3c14)C(=O)C1CCC6CC1)-c1cc3c4cc5c(cc4n4c6cc7c(cc6c(c1C21CCCCC1)c34)C1CCC(CC1)C7=O)C(=O)C1CCC5CC1. The van der Waals surface area contributed by atoms with Crippen molar-refractivity contribution in [3.63, 3.8) is 0 Å². The molecular weight excluding hydrogens is 933 g/mol. The van der Waals surface area contributed by atoms with Gasteiger partial charge in [0, 0.05) is 94.4 Å². The van der Waals surface area contributed by atoms with E-state index in [0.29, 0.717) is 46.8 Å². The molecule has 24 rings (SSSR count). The van der Waals surface area contributed by atoms with E-state index >= 15 is 0 Å². The van der Waals surface area contributed by atoms with E-state index in [9.17, 15) is 19.2 Å². The molecule has 10 aromatic rings. The average molecular weight is 993 g/mol. The van der Waals surface area contributed by atoms with E-state index in [-0.39, 0.29) is 29.1 Å². The Morgan fingerprint density at radius 1 is 0.329 bits per heavy atom. The number of carbonyl (C=O) groups is 4. The highest BCUT2D eigenvalue weighted by atomic mass is 16.1. The fourth-order valence-electron chi connectivity index (χ4n) is 20.4. The largest absolute Gasteiger partial charge is 0.308 e. The van der Waals surface area contributed by atoms with Gasteiger partial charge in [-0.1, -0.05) is 19.3 Å². The number of fused-ring (bicyclic) bond motifs is 27. The highest BCUT2D eigenvalue weighted by Crippen LogP contribution is 2.65. The van der Waals surface area contributed by atoms with Crippen molar-refractivity contribution in [2.45, 2.75) is 164 Å². The van der Waals surface area contributed by atoms with Gasteiger partial charge in [0.05, 0.1) is 33.1 Å². The van der Waals surface area contributed by atoms with Crippen molar-refractivity contribution >= 4 is 99.3 Å². The van der Waals surface area contributed by atoms with Crippen molar-refractivity contribution in [1.82, 2.24) is 8.80 Å². The molecule has 1 spiro atoms. The number of carbonyl (C=O) groups excluding carboxylic acids is 4. The maximum atomic E-state index is 14.7. The molecule has 0 saturated heterocycles. The second-order valence-corrected chi connectivity index (χ2v) is 26.9. The second kappa shape index (κ2) is 13.8. The third-order valence-corrected chi connectivity index (χ3v) is 24.0. The number of benzene rings is 6. The van der Waals surface area contributed by atoms with Crippen LogP contribution in [0, 0.1) is 23.7 Å². The summed E-state index contributed by atoms with van der Waals surface area (Å²) >= 11 is 0. The van der Waals surface area contributed by atoms with Gasteiger partial charge in [0.1, 0.15) is 0 Å². The van der Waals surface area contributed by atoms with E-state index in [1.807, 2.05) is 0 Å². The van der Waals surface area contributed by atoms with Crippen molar-refractivity contribution in [3.8, 4) is 11.1 Å². The summed E-state index contributed by atoms with van der Waals surface area (Å²) < 4.78 is 5.08. The Morgan fingerprint density at radius 3 is 1.09 bits per heavy atom. The molecule has 14 aliphatic carbocycles. The first-order valence-corrected chi connectivity index (χ1v) is 30.2. The number of hydrogen-bond acceptors (Lipinski definition) is 4. The molecule has 0 aliphatic heterocycles. The highest BCUT2D eigenvalue weighted by Gasteiger charge is 2.50. The summed E-state index contributed by atoms with van der Waals surface area (Å²) in [7, 11) is 0. The molecule has 0 unspecified atom stereocenters. The minimum atomic E-state index is -0.245. The van der Waals surface area contributed by atoms with Crippen LogP contribution in [0.25, 0.3) is 87.3 Å². The zero-order valence-electron chi connectivity index (χ0n) is 43.3. The lowest BCUT2D eigenvalue weighted by molar-refractivity contribution is 0.0891. The molecule has 0 N–H and O–H groups in total. The summed E-state index contributed by atoms with van der Waals surface area (Å²) in [6, 6.07) is 24.6. The van der Waals surface area contributed by atoms with Crippen LogP contribution in [-0.2, 0) is 5.41 Å². The zero-order valence-corrected chi connectivity index (χ0v) is 43.3. The van der Waals surface area contributed by atoms with Crippen molar-refractivity contribution in [1.29, 1.82) is 0 Å². The molecule has 76 heavy (non-hydrogen) atoms. The maximum Gasteiger partial charge on any atom is 0.166 e. The van der Waals surface area contributed by atoms with Crippen LogP contribution in [0.4, 0.5) is 0 Å². The van der Waals surface area contributed by atoms with Crippen LogP contribution < -0.4 is 0 Å². The molecule has 14 aliphatic rings. The predicted molar refractivity (Wildman–Crippen MR) is 301 cm³/mol. The highest BCUT2D eigenvalue weighted by molar-refractivity contribution is 6.33. The van der Waals surface area contributed by atoms with Crippen LogP contribution in [0.3, 0.4) is 0 Å². The van der Waals surface area contributed by atoms with Gasteiger partial charge < -0.3 is 8.80 Å². The van der Waals surface area contributed by atoms with Crippen molar-refractivity contribution in [2.24, 2.45) is 23.7 Å². The summed E-state index contributed by atoms with van der Waals surface area (Å²) in [6.07, 6.45) is 22.2. The van der Waals surface area contributed by atoms with Crippen LogP contribution in [-0.4, -0.2) is 31.9 Å². The molecule has 8 bridgehead atoms. The van der Waals surface area contributed by atoms with Gasteiger partial charge in [0.2, 0.25) is 0 Å². The Bertz CT molecular complexity index is 4460. The molecule has 4 heterocycles. The van der Waals surface area contributed by atoms with Crippen LogP contribution in [0.1, 0.15) is 233 Å². The van der Waals surface area contributed by atoms with E-state index in [0.717, 1.165) is 173 Å². The van der Waals surface area contributed by atoms with Gasteiger partial charge in [-0.25, -0.2) is 0 Å². The third kappa shape index (κ3) is 4.74. The lowest BCUT2D eigenvalue weighted by Gasteiger charge is -2.36. The number of ketones is 4. The fraction of sp³-hybridized carbons (Fsp3) is 0.429. The summed E-state index contributed by atoms with van der Waals surface area (Å²) in [4.78, 5) is 58.7. The normalized spacial score (nSPS) is 28.9. The maximum absolute atomic E-state index is 14.7. The number of rotatable bonds is 0. The van der Waals surface area contributed by atoms with Gasteiger partial charge in [-0.15, -0.1) is 0 Å². The Balaban J connectivity index is 0.984. The summed E-state index contributed by atoms with van der Waals surface area (Å²) in [5, 5.41) is 10.3. The summed E-state index contributed by atoms with van der Waals surface area (Å²) in [5.41, 5.74) is 21.3. The fourth-order valence-corrected chi connectivity index (χ4v) is 20.4. The monoisotopic (exact) mass is 992 g/mol. The third-order valence-electron chi connectivity index (χ3n) is 24.0. The Hall–Kier alpha value is -6.40. The lowest BCUT2D eigenvalue weighted by atomic mass is 9.66. The van der Waals surface area contributed by atoms with E-state index in [1.165, 1.54) is 105 Å². The van der Waals surface area contributed by atoms with E-state index in [2.05, 4.69) is 69.5 Å². The minimum Gasteiger partial charge on any atom is -0.308 e. The van der Waals surface area contributed by atoms with Gasteiger partial charge >= 0.3 is 0 Å². The molecule has 374 valence electrons. The van der Waals surface area contributed by atoms with E-state index in [4.69, 9.17) is 0 Å². The topological polar surface area (TPSA) is 77.1 Å². The number of aromatic nitrogens is 2. The van der Waals surface area contributed by atoms with Crippen LogP contribution in [0.2, 0.25) is 0 Å². The first-order chi connectivity index (χ1) is 37.3. The molecular formula is C70H60N2O4. The van der Waals surface area contributed by atoms with Crippen molar-refractivity contribution < 1.29 is 19.2 Å². The van der Waals surface area contributed by atoms with Crippen LogP contribution >= 0.6 is 0 Å². The lowest BCUT2D eigenvalue weighted by Crippen LogP contribution is -2.28. The van der Waals surface area contributed by atoms with Crippen LogP contribution in [0.15, 0.2) is 60.7 Å². The van der Waals surface area contributed by atoms with Gasteiger partial charge in [-0.05, 0) is 244 Å². The molecule has 6 nitrogen and oxygen atoms in total. The first-order valence-electron chi connectivity index (χ1n) is 30.2. The summed E-state index contributed by atoms with van der Waals surface area (Å²) in [5.74, 6) is 3.32. The van der Waals surface area contributed by atoms with Crippen molar-refractivity contribution in [2.75, 3.05) is 0 Å². The van der Waals surface area contributed by atoms with Gasteiger partial charge in [0.15, 0.2) is 23.1 Å². The number of nitrogens with zero attached hydrogens (tertiary/aromatic N) is 2. The Labute approximate surface area is 440 Å². The Morgan fingerprint density at radius 2 is 0.671 bits per heavy atom. The molecule has 5 fully saturated rings. The van der Waals surface area contributed by atoms with E-state index in [1.54, 1.807) is 0 Å². The standard InChI is InChI=1S/C70H60N2O4/c73-66-36-12-4-32(5-13-36)40-22-44-46-26-54-60-55(70(20-2-1-3-21-70)63(54)62-53-25-43-35-10-18-39(19-11-35)69(76)51(43)31-59(53)72(65(46)62)56(44)28-48(40)66)27-47-45-23-41-33-6-14-37(15-7-33)67(74)49(41)29-57(45)71-58-30-50-42(24-52(58)61(60)64(47)71)34-8-16-38(17-9-34)68(50)75/h22-39H,1-21H2. The van der Waals surface area contributed by atoms with E-state index < -0.39 is 0 Å². The molecule has 5 saturated carbocycles. The molecule has 6 heteroatoms. The quantitative estimate of drug-likeness (QED) is 0.152. The van der Waals surface area contributed by atoms with Crippen molar-refractivity contribution in [3.05, 3.63) is 116 Å². The van der Waals surface area contributed by atoms with Gasteiger partial charge in [-0.3, -0.25) is 19.2 Å². The van der Waals surface area contributed by atoms with Gasteiger partial charge in [-0.2, -0.15) is 0 Å². The van der Waals surface area contributed by atoms with Crippen LogP contribution in [0.5, 0.6) is 0 Å². The Kier molecular flexibility index (Phi) is 7.59. The molecule has 4 aromatic heterocycles. The first kappa shape index (κ1) is 41.7. The molecule has 0 amide bonds. The molecule has 6 aromatic carbocycles. The molecule has 0 radical (unpaired) electrons. The smallest absolute Gasteiger partial charge is 0.166 e. The predicted octanol–water partition coefficient (Wildman–Crippen LogP) is 17.1. The van der Waals surface area contributed by atoms with Gasteiger partial charge in [0.25, 0.3) is 0 Å². The number of Topliss-reactive ketones (excluding diaryl/α,β-unsaturated/α-hetero) is 4. The molecule has 0 atom stereocenters. The average Bonchev–Trinajstić information content (AvgIpc) is 4.25.